The van der Waals surface area contributed by atoms with Gasteiger partial charge in [0.05, 0.1) is 0 Å². The first kappa shape index (κ1) is 11.3. The van der Waals surface area contributed by atoms with Crippen LogP contribution in [0.15, 0.2) is 42.5 Å². The van der Waals surface area contributed by atoms with E-state index in [1.807, 2.05) is 6.07 Å². The Labute approximate surface area is 108 Å². The number of aryl methyl sites for hydroxylation is 1. The molecular formula is C17H18O. The van der Waals surface area contributed by atoms with E-state index in [-0.39, 0.29) is 0 Å². The minimum atomic E-state index is 1.01. The first-order valence-corrected chi connectivity index (χ1v) is 6.75. The van der Waals surface area contributed by atoms with Gasteiger partial charge in [0.1, 0.15) is 11.5 Å². The van der Waals surface area contributed by atoms with E-state index in [0.717, 1.165) is 24.3 Å². The zero-order valence-corrected chi connectivity index (χ0v) is 10.8. The highest BCUT2D eigenvalue weighted by molar-refractivity contribution is 5.52. The maximum Gasteiger partial charge on any atom is 0.131 e. The van der Waals surface area contributed by atoms with E-state index in [1.165, 1.54) is 29.5 Å². The van der Waals surface area contributed by atoms with Gasteiger partial charge < -0.3 is 4.74 Å². The minimum absolute atomic E-state index is 1.01. The molecule has 0 fully saturated rings. The van der Waals surface area contributed by atoms with E-state index >= 15 is 0 Å². The SMILES string of the molecule is CCCCc1cccc2c1Cc1ccccc1O2. The van der Waals surface area contributed by atoms with Crippen molar-refractivity contribution in [3.8, 4) is 11.5 Å². The fourth-order valence-corrected chi connectivity index (χ4v) is 2.57. The van der Waals surface area contributed by atoms with E-state index in [4.69, 9.17) is 4.74 Å². The predicted molar refractivity (Wildman–Crippen MR) is 74.4 cm³/mol. The molecule has 0 radical (unpaired) electrons. The van der Waals surface area contributed by atoms with Gasteiger partial charge in [-0.2, -0.15) is 0 Å². The number of ether oxygens (including phenoxy) is 1. The van der Waals surface area contributed by atoms with Crippen LogP contribution in [0.4, 0.5) is 0 Å². The number of hydrogen-bond donors (Lipinski definition) is 0. The van der Waals surface area contributed by atoms with Crippen molar-refractivity contribution in [1.82, 2.24) is 0 Å². The molecule has 3 rings (SSSR count). The van der Waals surface area contributed by atoms with E-state index in [1.54, 1.807) is 0 Å². The smallest absolute Gasteiger partial charge is 0.131 e. The second-order valence-electron chi connectivity index (χ2n) is 4.88. The van der Waals surface area contributed by atoms with Crippen LogP contribution in [0.25, 0.3) is 0 Å². The average molecular weight is 238 g/mol. The van der Waals surface area contributed by atoms with Gasteiger partial charge in [0.15, 0.2) is 0 Å². The van der Waals surface area contributed by atoms with Crippen molar-refractivity contribution in [2.75, 3.05) is 0 Å². The van der Waals surface area contributed by atoms with Gasteiger partial charge in [0, 0.05) is 12.0 Å². The number of benzene rings is 2. The summed E-state index contributed by atoms with van der Waals surface area (Å²) in [4.78, 5) is 0. The molecule has 0 bridgehead atoms. The van der Waals surface area contributed by atoms with Crippen molar-refractivity contribution in [1.29, 1.82) is 0 Å². The third kappa shape index (κ3) is 2.01. The van der Waals surface area contributed by atoms with Gasteiger partial charge in [-0.05, 0) is 36.1 Å². The van der Waals surface area contributed by atoms with E-state index < -0.39 is 0 Å². The molecule has 0 aromatic heterocycles. The Kier molecular flexibility index (Phi) is 3.06. The van der Waals surface area contributed by atoms with Crippen LogP contribution in [0.2, 0.25) is 0 Å². The lowest BCUT2D eigenvalue weighted by Gasteiger charge is -2.22. The average Bonchev–Trinajstić information content (AvgIpc) is 2.43. The number of para-hydroxylation sites is 1. The molecule has 92 valence electrons. The Bertz CT molecular complexity index is 557. The van der Waals surface area contributed by atoms with Crippen LogP contribution in [0.5, 0.6) is 11.5 Å². The second-order valence-corrected chi connectivity index (χ2v) is 4.88. The molecule has 0 unspecified atom stereocenters. The predicted octanol–water partition coefficient (Wildman–Crippen LogP) is 4.73. The Morgan fingerprint density at radius 3 is 2.72 bits per heavy atom. The van der Waals surface area contributed by atoms with E-state index in [2.05, 4.69) is 43.3 Å². The van der Waals surface area contributed by atoms with Gasteiger partial charge >= 0.3 is 0 Å². The van der Waals surface area contributed by atoms with Gasteiger partial charge in [0.25, 0.3) is 0 Å². The summed E-state index contributed by atoms with van der Waals surface area (Å²) in [5.41, 5.74) is 4.13. The molecule has 2 aromatic carbocycles. The van der Waals surface area contributed by atoms with Crippen LogP contribution in [-0.2, 0) is 12.8 Å². The molecule has 0 amide bonds. The Morgan fingerprint density at radius 2 is 1.83 bits per heavy atom. The van der Waals surface area contributed by atoms with Crippen LogP contribution in [-0.4, -0.2) is 0 Å². The summed E-state index contributed by atoms with van der Waals surface area (Å²) in [5.74, 6) is 2.06. The number of unbranched alkanes of at least 4 members (excludes halogenated alkanes) is 1. The maximum absolute atomic E-state index is 6.00. The van der Waals surface area contributed by atoms with Crippen molar-refractivity contribution in [3.63, 3.8) is 0 Å². The molecule has 0 N–H and O–H groups in total. The Hall–Kier alpha value is -1.76. The molecule has 0 spiro atoms. The molecule has 0 aliphatic carbocycles. The first-order chi connectivity index (χ1) is 8.88. The summed E-state index contributed by atoms with van der Waals surface area (Å²) in [6, 6.07) is 14.8. The lowest BCUT2D eigenvalue weighted by Crippen LogP contribution is -2.06. The third-order valence-corrected chi connectivity index (χ3v) is 3.59. The quantitative estimate of drug-likeness (QED) is 0.641. The zero-order valence-electron chi connectivity index (χ0n) is 10.8. The Balaban J connectivity index is 1.97. The van der Waals surface area contributed by atoms with Gasteiger partial charge in [0.2, 0.25) is 0 Å². The molecule has 1 heterocycles. The lowest BCUT2D eigenvalue weighted by atomic mass is 9.93. The molecule has 1 aliphatic rings. The van der Waals surface area contributed by atoms with Crippen molar-refractivity contribution < 1.29 is 4.74 Å². The van der Waals surface area contributed by atoms with Crippen LogP contribution in [0.3, 0.4) is 0 Å². The van der Waals surface area contributed by atoms with Crippen LogP contribution in [0, 0.1) is 0 Å². The standard InChI is InChI=1S/C17H18O/c1-2-3-7-13-9-6-11-17-15(13)12-14-8-4-5-10-16(14)18-17/h4-6,8-11H,2-3,7,12H2,1H3. The highest BCUT2D eigenvalue weighted by atomic mass is 16.5. The highest BCUT2D eigenvalue weighted by Crippen LogP contribution is 2.38. The van der Waals surface area contributed by atoms with Crippen molar-refractivity contribution in [3.05, 3.63) is 59.2 Å². The molecule has 1 aliphatic heterocycles. The van der Waals surface area contributed by atoms with Crippen molar-refractivity contribution in [2.24, 2.45) is 0 Å². The van der Waals surface area contributed by atoms with Gasteiger partial charge in [-0.3, -0.25) is 0 Å². The first-order valence-electron chi connectivity index (χ1n) is 6.75. The normalized spacial score (nSPS) is 12.5. The summed E-state index contributed by atoms with van der Waals surface area (Å²) >= 11 is 0. The van der Waals surface area contributed by atoms with E-state index in [9.17, 15) is 0 Å². The number of hydrogen-bond acceptors (Lipinski definition) is 1. The summed E-state index contributed by atoms with van der Waals surface area (Å²) in [6.07, 6.45) is 4.65. The maximum atomic E-state index is 6.00. The summed E-state index contributed by atoms with van der Waals surface area (Å²) < 4.78 is 6.00. The molecule has 0 saturated heterocycles. The minimum Gasteiger partial charge on any atom is -0.457 e. The molecule has 1 nitrogen and oxygen atoms in total. The van der Waals surface area contributed by atoms with Crippen LogP contribution < -0.4 is 4.74 Å². The van der Waals surface area contributed by atoms with Gasteiger partial charge in [-0.25, -0.2) is 0 Å². The number of rotatable bonds is 3. The third-order valence-electron chi connectivity index (χ3n) is 3.59. The van der Waals surface area contributed by atoms with Crippen molar-refractivity contribution >= 4 is 0 Å². The molecule has 18 heavy (non-hydrogen) atoms. The van der Waals surface area contributed by atoms with Crippen molar-refractivity contribution in [2.45, 2.75) is 32.6 Å². The summed E-state index contributed by atoms with van der Waals surface area (Å²) in [6.45, 7) is 2.24. The second kappa shape index (κ2) is 4.85. The molecule has 2 aromatic rings. The molecular weight excluding hydrogens is 220 g/mol. The Morgan fingerprint density at radius 1 is 1.00 bits per heavy atom. The largest absolute Gasteiger partial charge is 0.457 e. The summed E-state index contributed by atoms with van der Waals surface area (Å²) in [7, 11) is 0. The lowest BCUT2D eigenvalue weighted by molar-refractivity contribution is 0.458. The van der Waals surface area contributed by atoms with Crippen LogP contribution >= 0.6 is 0 Å². The van der Waals surface area contributed by atoms with E-state index in [0.29, 0.717) is 0 Å². The van der Waals surface area contributed by atoms with Gasteiger partial charge in [-0.1, -0.05) is 43.7 Å². The molecule has 0 saturated carbocycles. The molecule has 1 heteroatoms. The van der Waals surface area contributed by atoms with Gasteiger partial charge in [-0.15, -0.1) is 0 Å². The fourth-order valence-electron chi connectivity index (χ4n) is 2.57. The zero-order chi connectivity index (χ0) is 12.4. The van der Waals surface area contributed by atoms with Crippen LogP contribution in [0.1, 0.15) is 36.5 Å². The number of fused-ring (bicyclic) bond motifs is 2. The topological polar surface area (TPSA) is 9.23 Å². The monoisotopic (exact) mass is 238 g/mol. The highest BCUT2D eigenvalue weighted by Gasteiger charge is 2.18. The molecule has 0 atom stereocenters. The fraction of sp³-hybridized carbons (Fsp3) is 0.294. The summed E-state index contributed by atoms with van der Waals surface area (Å²) in [5, 5.41) is 0.